The van der Waals surface area contributed by atoms with Crippen molar-refractivity contribution in [1.82, 2.24) is 10.3 Å². The number of aromatic nitrogens is 1. The minimum atomic E-state index is -0.960. The van der Waals surface area contributed by atoms with Crippen molar-refractivity contribution in [2.24, 2.45) is 0 Å². The van der Waals surface area contributed by atoms with Gasteiger partial charge in [-0.1, -0.05) is 12.1 Å². The summed E-state index contributed by atoms with van der Waals surface area (Å²) in [7, 11) is 0. The summed E-state index contributed by atoms with van der Waals surface area (Å²) < 4.78 is 26.4. The Morgan fingerprint density at radius 1 is 1.16 bits per heavy atom. The third-order valence-electron chi connectivity index (χ3n) is 4.15. The van der Waals surface area contributed by atoms with Crippen LogP contribution < -0.4 is 10.6 Å². The van der Waals surface area contributed by atoms with E-state index in [1.54, 1.807) is 17.5 Å². The van der Waals surface area contributed by atoms with Crippen molar-refractivity contribution in [3.63, 3.8) is 0 Å². The molecule has 0 aliphatic heterocycles. The molecule has 0 aliphatic rings. The summed E-state index contributed by atoms with van der Waals surface area (Å²) in [5, 5.41) is 18.0. The topological polar surface area (TPSA) is 114 Å². The predicted octanol–water partition coefficient (Wildman–Crippen LogP) is 4.15. The molecule has 8 nitrogen and oxygen atoms in total. The lowest BCUT2D eigenvalue weighted by atomic mass is 10.1. The van der Waals surface area contributed by atoms with Crippen molar-refractivity contribution in [3.8, 4) is 11.3 Å². The van der Waals surface area contributed by atoms with Crippen LogP contribution in [0.5, 0.6) is 0 Å². The zero-order valence-electron chi connectivity index (χ0n) is 15.9. The fourth-order valence-corrected chi connectivity index (χ4v) is 3.38. The summed E-state index contributed by atoms with van der Waals surface area (Å²) in [6.45, 7) is 0.125. The van der Waals surface area contributed by atoms with E-state index in [0.717, 1.165) is 12.1 Å². The van der Waals surface area contributed by atoms with Crippen LogP contribution in [0.3, 0.4) is 0 Å². The molecule has 0 unspecified atom stereocenters. The van der Waals surface area contributed by atoms with Crippen molar-refractivity contribution in [1.29, 1.82) is 0 Å². The Kier molecular flexibility index (Phi) is 6.98. The molecule has 2 N–H and O–H groups in total. The van der Waals surface area contributed by atoms with Crippen LogP contribution in [-0.4, -0.2) is 28.3 Å². The van der Waals surface area contributed by atoms with Crippen molar-refractivity contribution in [2.75, 3.05) is 11.9 Å². The molecule has 0 bridgehead atoms. The van der Waals surface area contributed by atoms with E-state index in [2.05, 4.69) is 15.6 Å². The summed E-state index contributed by atoms with van der Waals surface area (Å²) in [4.78, 5) is 38.6. The number of nitrogens with one attached hydrogen (secondary N) is 2. The molecule has 0 spiro atoms. The first kappa shape index (κ1) is 22.0. The standard InChI is InChI=1S/C20H16F2N4O4S/c21-13-6-7-15(16(22)10-13)19(28)23-8-2-5-18(27)25-20-24-17(11-31-20)12-3-1-4-14(9-12)26(29)30/h1,3-4,6-7,9-11H,2,5,8H2,(H,23,28)(H,24,25,27). The SMILES string of the molecule is O=C(CCCNC(=O)c1ccc(F)cc1F)Nc1nc(-c2cccc([N+](=O)[O-])c2)cs1. The van der Waals surface area contributed by atoms with Gasteiger partial charge in [0.15, 0.2) is 5.13 Å². The van der Waals surface area contributed by atoms with Gasteiger partial charge in [0.25, 0.3) is 11.6 Å². The van der Waals surface area contributed by atoms with Crippen LogP contribution in [0.1, 0.15) is 23.2 Å². The smallest absolute Gasteiger partial charge is 0.270 e. The largest absolute Gasteiger partial charge is 0.352 e. The third-order valence-corrected chi connectivity index (χ3v) is 4.90. The first-order valence-corrected chi connectivity index (χ1v) is 9.95. The fraction of sp³-hybridized carbons (Fsp3) is 0.150. The molecule has 0 atom stereocenters. The molecule has 1 aromatic heterocycles. The number of nitro benzene ring substituents is 1. The van der Waals surface area contributed by atoms with Gasteiger partial charge in [-0.05, 0) is 18.6 Å². The molecule has 160 valence electrons. The Bertz CT molecular complexity index is 1140. The van der Waals surface area contributed by atoms with Gasteiger partial charge >= 0.3 is 0 Å². The number of carbonyl (C=O) groups is 2. The second-order valence-corrected chi connectivity index (χ2v) is 7.24. The number of hydrogen-bond acceptors (Lipinski definition) is 6. The Labute approximate surface area is 179 Å². The van der Waals surface area contributed by atoms with Crippen LogP contribution in [0.25, 0.3) is 11.3 Å². The van der Waals surface area contributed by atoms with Crippen LogP contribution in [0.2, 0.25) is 0 Å². The molecule has 0 saturated carbocycles. The monoisotopic (exact) mass is 446 g/mol. The maximum absolute atomic E-state index is 13.6. The highest BCUT2D eigenvalue weighted by molar-refractivity contribution is 7.14. The van der Waals surface area contributed by atoms with E-state index in [9.17, 15) is 28.5 Å². The molecule has 1 heterocycles. The van der Waals surface area contributed by atoms with Gasteiger partial charge in [-0.2, -0.15) is 0 Å². The van der Waals surface area contributed by atoms with Crippen molar-refractivity contribution in [3.05, 3.63) is 75.2 Å². The molecule has 3 aromatic rings. The van der Waals surface area contributed by atoms with E-state index < -0.39 is 22.5 Å². The fourth-order valence-electron chi connectivity index (χ4n) is 2.64. The minimum absolute atomic E-state index is 0.0568. The molecular formula is C20H16F2N4O4S. The van der Waals surface area contributed by atoms with E-state index >= 15 is 0 Å². The molecule has 0 aliphatic carbocycles. The molecule has 3 rings (SSSR count). The lowest BCUT2D eigenvalue weighted by Crippen LogP contribution is -2.26. The molecule has 0 fully saturated rings. The van der Waals surface area contributed by atoms with Crippen molar-refractivity contribution in [2.45, 2.75) is 12.8 Å². The minimum Gasteiger partial charge on any atom is -0.352 e. The van der Waals surface area contributed by atoms with Gasteiger partial charge < -0.3 is 10.6 Å². The van der Waals surface area contributed by atoms with Gasteiger partial charge in [-0.3, -0.25) is 19.7 Å². The van der Waals surface area contributed by atoms with Crippen LogP contribution in [0.15, 0.2) is 47.8 Å². The highest BCUT2D eigenvalue weighted by atomic mass is 32.1. The van der Waals surface area contributed by atoms with E-state index in [0.29, 0.717) is 28.9 Å². The van der Waals surface area contributed by atoms with E-state index in [-0.39, 0.29) is 30.1 Å². The van der Waals surface area contributed by atoms with Crippen molar-refractivity contribution < 1.29 is 23.3 Å². The number of anilines is 1. The zero-order chi connectivity index (χ0) is 22.4. The Hall–Kier alpha value is -3.73. The van der Waals surface area contributed by atoms with Crippen LogP contribution in [0.4, 0.5) is 19.6 Å². The zero-order valence-corrected chi connectivity index (χ0v) is 16.7. The lowest BCUT2D eigenvalue weighted by Gasteiger charge is -2.06. The van der Waals surface area contributed by atoms with E-state index in [1.165, 1.54) is 23.5 Å². The number of rotatable bonds is 8. The Morgan fingerprint density at radius 3 is 2.71 bits per heavy atom. The molecule has 11 heteroatoms. The number of carbonyl (C=O) groups excluding carboxylic acids is 2. The maximum atomic E-state index is 13.6. The number of benzene rings is 2. The average molecular weight is 446 g/mol. The van der Waals surface area contributed by atoms with E-state index in [1.807, 2.05) is 0 Å². The van der Waals surface area contributed by atoms with Gasteiger partial charge in [0.2, 0.25) is 5.91 Å². The average Bonchev–Trinajstić information content (AvgIpc) is 3.19. The molecule has 31 heavy (non-hydrogen) atoms. The number of halogens is 2. The van der Waals surface area contributed by atoms with Gasteiger partial charge in [-0.15, -0.1) is 11.3 Å². The molecular weight excluding hydrogens is 430 g/mol. The molecule has 0 radical (unpaired) electrons. The number of non-ortho nitro benzene ring substituents is 1. The highest BCUT2D eigenvalue weighted by Crippen LogP contribution is 2.27. The van der Waals surface area contributed by atoms with Crippen LogP contribution in [0, 0.1) is 21.7 Å². The van der Waals surface area contributed by atoms with Crippen LogP contribution in [-0.2, 0) is 4.79 Å². The summed E-state index contributed by atoms with van der Waals surface area (Å²) in [6.07, 6.45) is 0.376. The van der Waals surface area contributed by atoms with Gasteiger partial charge in [0.1, 0.15) is 11.6 Å². The molecule has 2 amide bonds. The third kappa shape index (κ3) is 5.89. The first-order chi connectivity index (χ1) is 14.8. The summed E-state index contributed by atoms with van der Waals surface area (Å²) in [6, 6.07) is 8.67. The number of nitro groups is 1. The summed E-state index contributed by atoms with van der Waals surface area (Å²) in [5.74, 6) is -2.76. The first-order valence-electron chi connectivity index (χ1n) is 9.07. The number of thiazole rings is 1. The number of nitrogens with zero attached hydrogens (tertiary/aromatic N) is 2. The number of hydrogen-bond donors (Lipinski definition) is 2. The molecule has 2 aromatic carbocycles. The highest BCUT2D eigenvalue weighted by Gasteiger charge is 2.13. The quantitative estimate of drug-likeness (QED) is 0.307. The molecule has 0 saturated heterocycles. The maximum Gasteiger partial charge on any atom is 0.270 e. The second-order valence-electron chi connectivity index (χ2n) is 6.38. The van der Waals surface area contributed by atoms with Crippen molar-refractivity contribution >= 4 is 34.0 Å². The van der Waals surface area contributed by atoms with Gasteiger partial charge in [0.05, 0.1) is 16.2 Å². The van der Waals surface area contributed by atoms with Gasteiger partial charge in [-0.25, -0.2) is 13.8 Å². The Balaban J connectivity index is 1.47. The number of amides is 2. The van der Waals surface area contributed by atoms with Gasteiger partial charge in [0, 0.05) is 42.1 Å². The van der Waals surface area contributed by atoms with Crippen LogP contribution >= 0.6 is 11.3 Å². The van der Waals surface area contributed by atoms with E-state index in [4.69, 9.17) is 0 Å². The predicted molar refractivity (Wildman–Crippen MR) is 111 cm³/mol. The normalized spacial score (nSPS) is 10.5. The second kappa shape index (κ2) is 9.85. The summed E-state index contributed by atoms with van der Waals surface area (Å²) in [5.41, 5.74) is 0.722. The summed E-state index contributed by atoms with van der Waals surface area (Å²) >= 11 is 1.18. The Morgan fingerprint density at radius 2 is 1.97 bits per heavy atom. The lowest BCUT2D eigenvalue weighted by molar-refractivity contribution is -0.384.